The normalized spacial score (nSPS) is 15.7. The van der Waals surface area contributed by atoms with Gasteiger partial charge in [0.05, 0.1) is 25.7 Å². The fourth-order valence-corrected chi connectivity index (χ4v) is 3.06. The zero-order chi connectivity index (χ0) is 17.6. The van der Waals surface area contributed by atoms with Crippen molar-refractivity contribution in [3.63, 3.8) is 0 Å². The van der Waals surface area contributed by atoms with E-state index in [9.17, 15) is 4.79 Å². The second kappa shape index (κ2) is 8.17. The summed E-state index contributed by atoms with van der Waals surface area (Å²) in [7, 11) is 0. The standard InChI is InChI=1S/C21H26N2O2/c1-16-3-5-18(6-4-16)15-21(24)22-17(2)19-7-9-20(10-8-19)23-11-13-25-14-12-23/h3-10,17H,11-15H2,1-2H3,(H,22,24)/t17-/m1/s1. The summed E-state index contributed by atoms with van der Waals surface area (Å²) in [6.45, 7) is 7.51. The number of amides is 1. The molecule has 1 fully saturated rings. The number of rotatable bonds is 5. The molecule has 25 heavy (non-hydrogen) atoms. The van der Waals surface area contributed by atoms with Crippen molar-refractivity contribution in [3.8, 4) is 0 Å². The summed E-state index contributed by atoms with van der Waals surface area (Å²) in [4.78, 5) is 14.6. The summed E-state index contributed by atoms with van der Waals surface area (Å²) in [6, 6.07) is 16.5. The minimum atomic E-state index is -0.00307. The first-order valence-electron chi connectivity index (χ1n) is 8.89. The van der Waals surface area contributed by atoms with Gasteiger partial charge in [0.1, 0.15) is 0 Å². The molecule has 0 saturated carbocycles. The largest absolute Gasteiger partial charge is 0.378 e. The van der Waals surface area contributed by atoms with E-state index in [0.717, 1.165) is 37.4 Å². The number of anilines is 1. The molecule has 1 heterocycles. The van der Waals surface area contributed by atoms with Crippen LogP contribution in [0.25, 0.3) is 0 Å². The molecule has 132 valence electrons. The van der Waals surface area contributed by atoms with Gasteiger partial charge in [-0.05, 0) is 37.1 Å². The van der Waals surface area contributed by atoms with Crippen molar-refractivity contribution in [3.05, 3.63) is 65.2 Å². The lowest BCUT2D eigenvalue weighted by Gasteiger charge is -2.29. The zero-order valence-electron chi connectivity index (χ0n) is 15.0. The summed E-state index contributed by atoms with van der Waals surface area (Å²) >= 11 is 0. The first-order chi connectivity index (χ1) is 12.1. The molecule has 1 N–H and O–H groups in total. The minimum absolute atomic E-state index is 0.00307. The third-order valence-electron chi connectivity index (χ3n) is 4.63. The Morgan fingerprint density at radius 3 is 2.36 bits per heavy atom. The molecule has 0 spiro atoms. The predicted molar refractivity (Wildman–Crippen MR) is 101 cm³/mol. The van der Waals surface area contributed by atoms with Crippen LogP contribution in [-0.4, -0.2) is 32.2 Å². The lowest BCUT2D eigenvalue weighted by molar-refractivity contribution is -0.121. The number of hydrogen-bond donors (Lipinski definition) is 1. The maximum Gasteiger partial charge on any atom is 0.224 e. The molecule has 0 aromatic heterocycles. The first-order valence-corrected chi connectivity index (χ1v) is 8.89. The van der Waals surface area contributed by atoms with Crippen molar-refractivity contribution in [2.24, 2.45) is 0 Å². The summed E-state index contributed by atoms with van der Waals surface area (Å²) in [5.41, 5.74) is 4.58. The van der Waals surface area contributed by atoms with Gasteiger partial charge in [-0.15, -0.1) is 0 Å². The zero-order valence-corrected chi connectivity index (χ0v) is 15.0. The molecule has 2 aromatic rings. The van der Waals surface area contributed by atoms with E-state index in [4.69, 9.17) is 4.74 Å². The van der Waals surface area contributed by atoms with E-state index < -0.39 is 0 Å². The second-order valence-corrected chi connectivity index (χ2v) is 6.64. The van der Waals surface area contributed by atoms with E-state index in [-0.39, 0.29) is 11.9 Å². The predicted octanol–water partition coefficient (Wildman–Crippen LogP) is 3.25. The average molecular weight is 338 g/mol. The molecule has 0 unspecified atom stereocenters. The van der Waals surface area contributed by atoms with Crippen LogP contribution in [0.15, 0.2) is 48.5 Å². The first kappa shape index (κ1) is 17.5. The van der Waals surface area contributed by atoms with Gasteiger partial charge in [0.15, 0.2) is 0 Å². The fraction of sp³-hybridized carbons (Fsp3) is 0.381. The summed E-state index contributed by atoms with van der Waals surface area (Å²) < 4.78 is 5.39. The number of nitrogens with zero attached hydrogens (tertiary/aromatic N) is 1. The minimum Gasteiger partial charge on any atom is -0.378 e. The molecule has 1 aliphatic rings. The Labute approximate surface area is 149 Å². The second-order valence-electron chi connectivity index (χ2n) is 6.64. The molecule has 1 amide bonds. The van der Waals surface area contributed by atoms with Crippen molar-refractivity contribution >= 4 is 11.6 Å². The van der Waals surface area contributed by atoms with E-state index >= 15 is 0 Å². The highest BCUT2D eigenvalue weighted by Crippen LogP contribution is 2.20. The van der Waals surface area contributed by atoms with Crippen LogP contribution >= 0.6 is 0 Å². The molecule has 4 heteroatoms. The molecule has 0 aliphatic carbocycles. The highest BCUT2D eigenvalue weighted by Gasteiger charge is 2.13. The molecule has 1 atom stereocenters. The van der Waals surface area contributed by atoms with Gasteiger partial charge in [-0.2, -0.15) is 0 Å². The molecule has 2 aromatic carbocycles. The van der Waals surface area contributed by atoms with Gasteiger partial charge in [0.2, 0.25) is 5.91 Å². The SMILES string of the molecule is Cc1ccc(CC(=O)N[C@H](C)c2ccc(N3CCOCC3)cc2)cc1. The van der Waals surface area contributed by atoms with Crippen molar-refractivity contribution in [1.29, 1.82) is 0 Å². The third kappa shape index (κ3) is 4.83. The lowest BCUT2D eigenvalue weighted by atomic mass is 10.1. The van der Waals surface area contributed by atoms with Crippen LogP contribution < -0.4 is 10.2 Å². The van der Waals surface area contributed by atoms with Crippen LogP contribution in [0, 0.1) is 6.92 Å². The number of aryl methyl sites for hydroxylation is 1. The van der Waals surface area contributed by atoms with Crippen molar-refractivity contribution in [2.75, 3.05) is 31.2 Å². The van der Waals surface area contributed by atoms with Gasteiger partial charge < -0.3 is 15.0 Å². The molecule has 3 rings (SSSR count). The number of benzene rings is 2. The summed E-state index contributed by atoms with van der Waals surface area (Å²) in [5, 5.41) is 3.09. The van der Waals surface area contributed by atoms with E-state index in [1.54, 1.807) is 0 Å². The summed E-state index contributed by atoms with van der Waals surface area (Å²) in [5.74, 6) is 0.0496. The highest BCUT2D eigenvalue weighted by atomic mass is 16.5. The van der Waals surface area contributed by atoms with E-state index in [1.165, 1.54) is 11.3 Å². The topological polar surface area (TPSA) is 41.6 Å². The quantitative estimate of drug-likeness (QED) is 0.910. The van der Waals surface area contributed by atoms with E-state index in [1.807, 2.05) is 38.1 Å². The van der Waals surface area contributed by atoms with Gasteiger partial charge in [0, 0.05) is 18.8 Å². The number of hydrogen-bond acceptors (Lipinski definition) is 3. The van der Waals surface area contributed by atoms with Gasteiger partial charge >= 0.3 is 0 Å². The fourth-order valence-electron chi connectivity index (χ4n) is 3.06. The Balaban J connectivity index is 1.55. The van der Waals surface area contributed by atoms with Crippen molar-refractivity contribution in [2.45, 2.75) is 26.3 Å². The van der Waals surface area contributed by atoms with Crippen LogP contribution in [-0.2, 0) is 16.0 Å². The van der Waals surface area contributed by atoms with Crippen LogP contribution in [0.4, 0.5) is 5.69 Å². The Morgan fingerprint density at radius 2 is 1.72 bits per heavy atom. The molecular formula is C21H26N2O2. The average Bonchev–Trinajstić information content (AvgIpc) is 2.64. The van der Waals surface area contributed by atoms with Crippen molar-refractivity contribution < 1.29 is 9.53 Å². The smallest absolute Gasteiger partial charge is 0.224 e. The number of carbonyl (C=O) groups is 1. The molecule has 0 radical (unpaired) electrons. The van der Waals surface area contributed by atoms with Crippen molar-refractivity contribution in [1.82, 2.24) is 5.32 Å². The highest BCUT2D eigenvalue weighted by molar-refractivity contribution is 5.79. The summed E-state index contributed by atoms with van der Waals surface area (Å²) in [6.07, 6.45) is 0.413. The molecular weight excluding hydrogens is 312 g/mol. The number of nitrogens with one attached hydrogen (secondary N) is 1. The Kier molecular flexibility index (Phi) is 5.71. The van der Waals surface area contributed by atoms with Gasteiger partial charge in [0.25, 0.3) is 0 Å². The van der Waals surface area contributed by atoms with Gasteiger partial charge in [-0.1, -0.05) is 42.0 Å². The van der Waals surface area contributed by atoms with Crippen LogP contribution in [0.3, 0.4) is 0 Å². The maximum absolute atomic E-state index is 12.3. The van der Waals surface area contributed by atoms with Gasteiger partial charge in [-0.25, -0.2) is 0 Å². The molecule has 1 aliphatic heterocycles. The molecule has 1 saturated heterocycles. The number of morpholine rings is 1. The third-order valence-corrected chi connectivity index (χ3v) is 4.63. The number of carbonyl (C=O) groups excluding carboxylic acids is 1. The molecule has 4 nitrogen and oxygen atoms in total. The Morgan fingerprint density at radius 1 is 1.08 bits per heavy atom. The molecule has 0 bridgehead atoms. The lowest BCUT2D eigenvalue weighted by Crippen LogP contribution is -2.36. The Bertz CT molecular complexity index is 689. The monoisotopic (exact) mass is 338 g/mol. The van der Waals surface area contributed by atoms with E-state index in [2.05, 4.69) is 34.5 Å². The van der Waals surface area contributed by atoms with Crippen LogP contribution in [0.5, 0.6) is 0 Å². The number of ether oxygens (including phenoxy) is 1. The Hall–Kier alpha value is -2.33. The van der Waals surface area contributed by atoms with Crippen LogP contribution in [0.1, 0.15) is 29.7 Å². The van der Waals surface area contributed by atoms with E-state index in [0.29, 0.717) is 6.42 Å². The van der Waals surface area contributed by atoms with Gasteiger partial charge in [-0.3, -0.25) is 4.79 Å². The maximum atomic E-state index is 12.3. The van der Waals surface area contributed by atoms with Crippen LogP contribution in [0.2, 0.25) is 0 Å².